The summed E-state index contributed by atoms with van der Waals surface area (Å²) in [6.45, 7) is 0.671. The molecule has 0 N–H and O–H groups in total. The van der Waals surface area contributed by atoms with E-state index in [0.29, 0.717) is 12.6 Å². The molecule has 0 unspecified atom stereocenters. The van der Waals surface area contributed by atoms with Crippen LogP contribution in [0.5, 0.6) is 0 Å². The van der Waals surface area contributed by atoms with Crippen LogP contribution < -0.4 is 0 Å². The molecule has 0 radical (unpaired) electrons. The van der Waals surface area contributed by atoms with E-state index in [1.165, 1.54) is 25.5 Å². The molecule has 0 saturated heterocycles. The first-order chi connectivity index (χ1) is 6.92. The summed E-state index contributed by atoms with van der Waals surface area (Å²) in [4.78, 5) is 2.21. The molecule has 0 heterocycles. The van der Waals surface area contributed by atoms with Gasteiger partial charge in [0.2, 0.25) is 0 Å². The van der Waals surface area contributed by atoms with Crippen LogP contribution in [-0.4, -0.2) is 56.5 Å². The quantitative estimate of drug-likeness (QED) is 0.737. The largest absolute Gasteiger partial charge is 0.302 e. The second-order valence-corrected chi connectivity index (χ2v) is 7.83. The van der Waals surface area contributed by atoms with Crippen LogP contribution >= 0.6 is 11.8 Å². The Morgan fingerprint density at radius 3 is 2.53 bits per heavy atom. The highest BCUT2D eigenvalue weighted by atomic mass is 32.2. The van der Waals surface area contributed by atoms with Crippen LogP contribution in [0.1, 0.15) is 19.3 Å². The Morgan fingerprint density at radius 2 is 2.07 bits per heavy atom. The normalized spacial score (nSPS) is 27.5. The van der Waals surface area contributed by atoms with Crippen LogP contribution in [0.2, 0.25) is 0 Å². The Balaban J connectivity index is 2.32. The van der Waals surface area contributed by atoms with Crippen LogP contribution in [-0.2, 0) is 9.84 Å². The molecule has 0 amide bonds. The van der Waals surface area contributed by atoms with Crippen molar-refractivity contribution < 1.29 is 8.42 Å². The van der Waals surface area contributed by atoms with Gasteiger partial charge in [-0.1, -0.05) is 0 Å². The molecule has 1 saturated carbocycles. The van der Waals surface area contributed by atoms with Gasteiger partial charge in [-0.15, -0.1) is 0 Å². The van der Waals surface area contributed by atoms with E-state index < -0.39 is 9.84 Å². The second-order valence-electron chi connectivity index (χ2n) is 4.44. The van der Waals surface area contributed by atoms with Crippen molar-refractivity contribution in [3.05, 3.63) is 0 Å². The van der Waals surface area contributed by atoms with Gasteiger partial charge in [0.1, 0.15) is 9.84 Å². The van der Waals surface area contributed by atoms with Crippen molar-refractivity contribution in [1.29, 1.82) is 0 Å². The molecule has 1 fully saturated rings. The Labute approximate surface area is 97.5 Å². The summed E-state index contributed by atoms with van der Waals surface area (Å²) in [6.07, 6.45) is 7.16. The van der Waals surface area contributed by atoms with Gasteiger partial charge in [-0.2, -0.15) is 11.8 Å². The zero-order chi connectivity index (χ0) is 11.5. The monoisotopic (exact) mass is 251 g/mol. The van der Waals surface area contributed by atoms with Crippen LogP contribution in [0.4, 0.5) is 0 Å². The molecule has 2 atom stereocenters. The first-order valence-corrected chi connectivity index (χ1v) is 8.68. The molecule has 1 aliphatic rings. The van der Waals surface area contributed by atoms with E-state index in [2.05, 4.69) is 11.2 Å². The average molecular weight is 251 g/mol. The van der Waals surface area contributed by atoms with Gasteiger partial charge in [-0.05, 0) is 32.6 Å². The lowest BCUT2D eigenvalue weighted by Crippen LogP contribution is -2.33. The molecule has 0 bridgehead atoms. The molecule has 90 valence electrons. The Hall–Kier alpha value is 0.260. The molecular weight excluding hydrogens is 230 g/mol. The molecule has 0 spiro atoms. The van der Waals surface area contributed by atoms with Gasteiger partial charge in [0.15, 0.2) is 0 Å². The minimum atomic E-state index is -2.81. The predicted molar refractivity (Wildman–Crippen MR) is 67.3 cm³/mol. The van der Waals surface area contributed by atoms with Crippen molar-refractivity contribution >= 4 is 21.6 Å². The van der Waals surface area contributed by atoms with Crippen molar-refractivity contribution in [1.82, 2.24) is 4.90 Å². The smallest absolute Gasteiger partial charge is 0.148 e. The number of hydrogen-bond donors (Lipinski definition) is 0. The Morgan fingerprint density at radius 1 is 1.40 bits per heavy atom. The van der Waals surface area contributed by atoms with Gasteiger partial charge in [0, 0.05) is 24.1 Å². The molecule has 0 aromatic rings. The first kappa shape index (κ1) is 13.3. The van der Waals surface area contributed by atoms with E-state index >= 15 is 0 Å². The van der Waals surface area contributed by atoms with Crippen molar-refractivity contribution in [2.75, 3.05) is 31.9 Å². The summed E-state index contributed by atoms with van der Waals surface area (Å²) in [5, 5.41) is 0.774. The van der Waals surface area contributed by atoms with Gasteiger partial charge in [0.25, 0.3) is 0 Å². The van der Waals surface area contributed by atoms with Gasteiger partial charge in [0.05, 0.1) is 5.75 Å². The molecule has 0 aromatic carbocycles. The summed E-state index contributed by atoms with van der Waals surface area (Å²) in [5.74, 6) is 0.282. The number of hydrogen-bond acceptors (Lipinski definition) is 4. The van der Waals surface area contributed by atoms with Crippen LogP contribution in [0, 0.1) is 0 Å². The van der Waals surface area contributed by atoms with E-state index in [-0.39, 0.29) is 5.75 Å². The molecule has 0 aromatic heterocycles. The average Bonchev–Trinajstić information content (AvgIpc) is 2.61. The lowest BCUT2D eigenvalue weighted by molar-refractivity contribution is 0.259. The standard InChI is InChI=1S/C10H21NO2S2/c1-11(6-7-15(3,12)13)9-4-5-10(8-9)14-2/h9-10H,4-8H2,1-3H3/t9-,10-/m0/s1. The molecule has 5 heteroatoms. The van der Waals surface area contributed by atoms with Gasteiger partial charge in [-0.25, -0.2) is 8.42 Å². The van der Waals surface area contributed by atoms with E-state index in [4.69, 9.17) is 0 Å². The maximum absolute atomic E-state index is 11.0. The Bertz CT molecular complexity index is 290. The number of nitrogens with zero attached hydrogens (tertiary/aromatic N) is 1. The minimum Gasteiger partial charge on any atom is -0.302 e. The first-order valence-electron chi connectivity index (χ1n) is 5.33. The number of sulfone groups is 1. The van der Waals surface area contributed by atoms with Gasteiger partial charge >= 0.3 is 0 Å². The highest BCUT2D eigenvalue weighted by Gasteiger charge is 2.26. The number of thioether (sulfide) groups is 1. The SMILES string of the molecule is CS[C@H]1CC[C@H](N(C)CCS(C)(=O)=O)C1. The summed E-state index contributed by atoms with van der Waals surface area (Å²) >= 11 is 1.93. The van der Waals surface area contributed by atoms with E-state index in [0.717, 1.165) is 5.25 Å². The molecular formula is C10H21NO2S2. The fourth-order valence-electron chi connectivity index (χ4n) is 2.02. The zero-order valence-electron chi connectivity index (χ0n) is 9.77. The fourth-order valence-corrected chi connectivity index (χ4v) is 3.43. The summed E-state index contributed by atoms with van der Waals surface area (Å²) in [5.41, 5.74) is 0. The molecule has 1 rings (SSSR count). The maximum Gasteiger partial charge on any atom is 0.148 e. The molecule has 1 aliphatic carbocycles. The fraction of sp³-hybridized carbons (Fsp3) is 1.00. The molecule has 0 aliphatic heterocycles. The van der Waals surface area contributed by atoms with Crippen molar-refractivity contribution in [3.8, 4) is 0 Å². The third-order valence-electron chi connectivity index (χ3n) is 3.13. The highest BCUT2D eigenvalue weighted by Crippen LogP contribution is 2.30. The summed E-state index contributed by atoms with van der Waals surface area (Å²) < 4.78 is 22.1. The van der Waals surface area contributed by atoms with Crippen molar-refractivity contribution in [2.24, 2.45) is 0 Å². The second kappa shape index (κ2) is 5.55. The van der Waals surface area contributed by atoms with E-state index in [1.807, 2.05) is 18.8 Å². The Kier molecular flexibility index (Phi) is 4.93. The molecule has 3 nitrogen and oxygen atoms in total. The van der Waals surface area contributed by atoms with Crippen molar-refractivity contribution in [2.45, 2.75) is 30.6 Å². The van der Waals surface area contributed by atoms with E-state index in [9.17, 15) is 8.42 Å². The highest BCUT2D eigenvalue weighted by molar-refractivity contribution is 7.99. The van der Waals surface area contributed by atoms with Crippen molar-refractivity contribution in [3.63, 3.8) is 0 Å². The van der Waals surface area contributed by atoms with Crippen LogP contribution in [0.25, 0.3) is 0 Å². The maximum atomic E-state index is 11.0. The molecule has 15 heavy (non-hydrogen) atoms. The lowest BCUT2D eigenvalue weighted by atomic mass is 10.2. The van der Waals surface area contributed by atoms with E-state index in [1.54, 1.807) is 0 Å². The van der Waals surface area contributed by atoms with Crippen LogP contribution in [0.3, 0.4) is 0 Å². The summed E-state index contributed by atoms with van der Waals surface area (Å²) in [7, 11) is -0.774. The third-order valence-corrected chi connectivity index (χ3v) is 5.15. The van der Waals surface area contributed by atoms with Gasteiger partial charge < -0.3 is 4.90 Å². The zero-order valence-corrected chi connectivity index (χ0v) is 11.4. The predicted octanol–water partition coefficient (Wildman–Crippen LogP) is 1.25. The van der Waals surface area contributed by atoms with Crippen LogP contribution in [0.15, 0.2) is 0 Å². The van der Waals surface area contributed by atoms with Gasteiger partial charge in [-0.3, -0.25) is 0 Å². The lowest BCUT2D eigenvalue weighted by Gasteiger charge is -2.23. The third kappa shape index (κ3) is 4.74. The topological polar surface area (TPSA) is 37.4 Å². The number of rotatable bonds is 5. The minimum absolute atomic E-state index is 0.282. The summed E-state index contributed by atoms with van der Waals surface area (Å²) in [6, 6.07) is 0.587.